The highest BCUT2D eigenvalue weighted by Gasteiger charge is 2.22. The number of nitrogens with two attached hydrogens (primary N) is 1. The summed E-state index contributed by atoms with van der Waals surface area (Å²) in [5, 5.41) is 1.14. The third kappa shape index (κ3) is 2.39. The summed E-state index contributed by atoms with van der Waals surface area (Å²) in [7, 11) is 0. The molecule has 2 aromatic rings. The third-order valence-corrected chi connectivity index (χ3v) is 3.84. The van der Waals surface area contributed by atoms with Crippen molar-refractivity contribution in [2.45, 2.75) is 26.1 Å². The number of morpholine rings is 1. The summed E-state index contributed by atoms with van der Waals surface area (Å²) < 4.78 is 11.4. The van der Waals surface area contributed by atoms with Gasteiger partial charge in [-0.1, -0.05) is 18.2 Å². The van der Waals surface area contributed by atoms with Crippen molar-refractivity contribution in [1.29, 1.82) is 0 Å². The lowest BCUT2D eigenvalue weighted by Gasteiger charge is -2.32. The summed E-state index contributed by atoms with van der Waals surface area (Å²) in [6, 6.07) is 8.52. The summed E-state index contributed by atoms with van der Waals surface area (Å²) in [5.41, 5.74) is 7.96. The lowest BCUT2D eigenvalue weighted by molar-refractivity contribution is -0.00704. The van der Waals surface area contributed by atoms with Gasteiger partial charge in [-0.3, -0.25) is 4.90 Å². The monoisotopic (exact) mass is 260 g/mol. The SMILES string of the molecule is CC1COCCN1Cc1oc2ccccc2c1CN. The standard InChI is InChI=1S/C15H20N2O2/c1-11-10-18-7-6-17(11)9-15-13(8-16)12-4-2-3-5-14(12)19-15/h2-5,11H,6-10,16H2,1H3. The summed E-state index contributed by atoms with van der Waals surface area (Å²) in [5.74, 6) is 0.998. The molecule has 1 fully saturated rings. The van der Waals surface area contributed by atoms with Crippen molar-refractivity contribution in [3.63, 3.8) is 0 Å². The molecule has 1 saturated heterocycles. The maximum atomic E-state index is 5.98. The molecule has 1 aliphatic heterocycles. The maximum Gasteiger partial charge on any atom is 0.134 e. The van der Waals surface area contributed by atoms with Crippen molar-refractivity contribution in [1.82, 2.24) is 4.90 Å². The summed E-state index contributed by atoms with van der Waals surface area (Å²) in [6.07, 6.45) is 0. The Hall–Kier alpha value is -1.36. The molecule has 0 amide bonds. The Morgan fingerprint density at radius 2 is 2.21 bits per heavy atom. The topological polar surface area (TPSA) is 51.6 Å². The fourth-order valence-electron chi connectivity index (χ4n) is 2.68. The molecule has 2 heterocycles. The van der Waals surface area contributed by atoms with Crippen LogP contribution in [0.15, 0.2) is 28.7 Å². The van der Waals surface area contributed by atoms with Crippen LogP contribution in [-0.4, -0.2) is 30.7 Å². The van der Waals surface area contributed by atoms with Gasteiger partial charge in [-0.2, -0.15) is 0 Å². The molecule has 0 saturated carbocycles. The normalized spacial score (nSPS) is 21.1. The molecule has 1 aromatic carbocycles. The van der Waals surface area contributed by atoms with Gasteiger partial charge in [0.15, 0.2) is 0 Å². The van der Waals surface area contributed by atoms with E-state index in [1.165, 1.54) is 0 Å². The highest BCUT2D eigenvalue weighted by molar-refractivity contribution is 5.82. The van der Waals surface area contributed by atoms with Crippen LogP contribution in [0.4, 0.5) is 0 Å². The molecule has 0 spiro atoms. The van der Waals surface area contributed by atoms with Gasteiger partial charge >= 0.3 is 0 Å². The van der Waals surface area contributed by atoms with E-state index in [1.54, 1.807) is 0 Å². The van der Waals surface area contributed by atoms with Gasteiger partial charge in [0.1, 0.15) is 11.3 Å². The Morgan fingerprint density at radius 3 is 3.00 bits per heavy atom. The zero-order valence-electron chi connectivity index (χ0n) is 11.3. The minimum atomic E-state index is 0.424. The average molecular weight is 260 g/mol. The molecular formula is C15H20N2O2. The zero-order valence-corrected chi connectivity index (χ0v) is 11.3. The molecule has 2 N–H and O–H groups in total. The van der Waals surface area contributed by atoms with Crippen LogP contribution in [0.1, 0.15) is 18.2 Å². The van der Waals surface area contributed by atoms with E-state index in [-0.39, 0.29) is 0 Å². The molecule has 1 aromatic heterocycles. The molecule has 102 valence electrons. The van der Waals surface area contributed by atoms with Gasteiger partial charge in [0.25, 0.3) is 0 Å². The fraction of sp³-hybridized carbons (Fsp3) is 0.467. The van der Waals surface area contributed by atoms with Gasteiger partial charge < -0.3 is 14.9 Å². The number of benzene rings is 1. The number of para-hydroxylation sites is 1. The van der Waals surface area contributed by atoms with Crippen LogP contribution in [0.5, 0.6) is 0 Å². The first kappa shape index (κ1) is 12.7. The molecule has 19 heavy (non-hydrogen) atoms. The van der Waals surface area contributed by atoms with Crippen molar-refractivity contribution < 1.29 is 9.15 Å². The van der Waals surface area contributed by atoms with E-state index in [2.05, 4.69) is 17.9 Å². The van der Waals surface area contributed by atoms with Crippen LogP contribution in [0.2, 0.25) is 0 Å². The van der Waals surface area contributed by atoms with Gasteiger partial charge in [-0.25, -0.2) is 0 Å². The minimum absolute atomic E-state index is 0.424. The van der Waals surface area contributed by atoms with Gasteiger partial charge in [-0.05, 0) is 13.0 Å². The first-order valence-electron chi connectivity index (χ1n) is 6.80. The van der Waals surface area contributed by atoms with E-state index in [0.29, 0.717) is 12.6 Å². The average Bonchev–Trinajstić information content (AvgIpc) is 2.78. The van der Waals surface area contributed by atoms with E-state index < -0.39 is 0 Å². The van der Waals surface area contributed by atoms with Gasteiger partial charge in [0, 0.05) is 30.1 Å². The minimum Gasteiger partial charge on any atom is -0.459 e. The van der Waals surface area contributed by atoms with E-state index >= 15 is 0 Å². The molecule has 4 heteroatoms. The second-order valence-corrected chi connectivity index (χ2v) is 5.10. The van der Waals surface area contributed by atoms with E-state index in [9.17, 15) is 0 Å². The predicted molar refractivity (Wildman–Crippen MR) is 74.8 cm³/mol. The lowest BCUT2D eigenvalue weighted by atomic mass is 10.1. The molecule has 1 atom stereocenters. The first-order valence-corrected chi connectivity index (χ1v) is 6.80. The summed E-state index contributed by atoms with van der Waals surface area (Å²) >= 11 is 0. The second-order valence-electron chi connectivity index (χ2n) is 5.10. The van der Waals surface area contributed by atoms with E-state index in [1.807, 2.05) is 18.2 Å². The number of nitrogens with zero attached hydrogens (tertiary/aromatic N) is 1. The molecule has 0 radical (unpaired) electrons. The number of hydrogen-bond donors (Lipinski definition) is 1. The zero-order chi connectivity index (χ0) is 13.2. The van der Waals surface area contributed by atoms with E-state index in [0.717, 1.165) is 48.6 Å². The maximum absolute atomic E-state index is 5.98. The number of rotatable bonds is 3. The summed E-state index contributed by atoms with van der Waals surface area (Å²) in [4.78, 5) is 2.39. The van der Waals surface area contributed by atoms with Crippen molar-refractivity contribution in [2.75, 3.05) is 19.8 Å². The van der Waals surface area contributed by atoms with Crippen molar-refractivity contribution in [3.8, 4) is 0 Å². The smallest absolute Gasteiger partial charge is 0.134 e. The van der Waals surface area contributed by atoms with Crippen molar-refractivity contribution in [2.24, 2.45) is 5.73 Å². The number of fused-ring (bicyclic) bond motifs is 1. The second kappa shape index (κ2) is 5.33. The van der Waals surface area contributed by atoms with E-state index in [4.69, 9.17) is 14.9 Å². The first-order chi connectivity index (χ1) is 9.29. The van der Waals surface area contributed by atoms with Gasteiger partial charge in [0.05, 0.1) is 19.8 Å². The van der Waals surface area contributed by atoms with Crippen LogP contribution in [0.3, 0.4) is 0 Å². The summed E-state index contributed by atoms with van der Waals surface area (Å²) in [6.45, 7) is 6.05. The van der Waals surface area contributed by atoms with Crippen LogP contribution in [-0.2, 0) is 17.8 Å². The Bertz CT molecular complexity index is 564. The Kier molecular flexibility index (Phi) is 3.55. The Labute approximate surface area is 113 Å². The largest absolute Gasteiger partial charge is 0.459 e. The van der Waals surface area contributed by atoms with Crippen LogP contribution in [0.25, 0.3) is 11.0 Å². The molecule has 0 bridgehead atoms. The van der Waals surface area contributed by atoms with Crippen molar-refractivity contribution >= 4 is 11.0 Å². The van der Waals surface area contributed by atoms with Gasteiger partial charge in [-0.15, -0.1) is 0 Å². The molecular weight excluding hydrogens is 240 g/mol. The molecule has 3 rings (SSSR count). The van der Waals surface area contributed by atoms with Crippen molar-refractivity contribution in [3.05, 3.63) is 35.6 Å². The molecule has 4 nitrogen and oxygen atoms in total. The Morgan fingerprint density at radius 1 is 1.37 bits per heavy atom. The molecule has 0 aliphatic carbocycles. The molecule has 1 aliphatic rings. The number of ether oxygens (including phenoxy) is 1. The number of hydrogen-bond acceptors (Lipinski definition) is 4. The van der Waals surface area contributed by atoms with Crippen LogP contribution < -0.4 is 5.73 Å². The third-order valence-electron chi connectivity index (χ3n) is 3.84. The fourth-order valence-corrected chi connectivity index (χ4v) is 2.68. The highest BCUT2D eigenvalue weighted by Crippen LogP contribution is 2.27. The van der Waals surface area contributed by atoms with Gasteiger partial charge in [0.2, 0.25) is 0 Å². The molecule has 1 unspecified atom stereocenters. The number of furan rings is 1. The van der Waals surface area contributed by atoms with Crippen LogP contribution >= 0.6 is 0 Å². The Balaban J connectivity index is 1.91. The lowest BCUT2D eigenvalue weighted by Crippen LogP contribution is -2.43. The highest BCUT2D eigenvalue weighted by atomic mass is 16.5. The predicted octanol–water partition coefficient (Wildman–Crippen LogP) is 2.11. The quantitative estimate of drug-likeness (QED) is 0.918. The van der Waals surface area contributed by atoms with Crippen LogP contribution in [0, 0.1) is 0 Å².